The Bertz CT molecular complexity index is 2500. The Balaban J connectivity index is 1.52. The van der Waals surface area contributed by atoms with Gasteiger partial charge in [0.15, 0.2) is 0 Å². The van der Waals surface area contributed by atoms with Crippen LogP contribution in [0.25, 0.3) is 76.9 Å². The van der Waals surface area contributed by atoms with E-state index in [4.69, 9.17) is 0 Å². The van der Waals surface area contributed by atoms with E-state index in [1.165, 1.54) is 80.5 Å². The fourth-order valence-corrected chi connectivity index (χ4v) is 7.33. The number of para-hydroxylation sites is 2. The molecular formula is C40H25IN2. The molecule has 2 heterocycles. The Hall–Kier alpha value is -4.87. The third kappa shape index (κ3) is 3.64. The van der Waals surface area contributed by atoms with E-state index in [1.54, 1.807) is 0 Å². The van der Waals surface area contributed by atoms with Crippen molar-refractivity contribution in [3.63, 3.8) is 0 Å². The van der Waals surface area contributed by atoms with E-state index in [-0.39, 0.29) is 0 Å². The Kier molecular flexibility index (Phi) is 5.50. The molecule has 0 unspecified atom stereocenters. The Labute approximate surface area is 262 Å². The summed E-state index contributed by atoms with van der Waals surface area (Å²) in [7, 11) is 0. The van der Waals surface area contributed by atoms with E-state index in [0.29, 0.717) is 0 Å². The van der Waals surface area contributed by atoms with Crippen LogP contribution in [0.1, 0.15) is 0 Å². The normalized spacial score (nSPS) is 11.8. The molecule has 0 N–H and O–H groups in total. The van der Waals surface area contributed by atoms with Crippen LogP contribution in [0.3, 0.4) is 0 Å². The van der Waals surface area contributed by atoms with Crippen molar-refractivity contribution in [1.29, 1.82) is 0 Å². The monoisotopic (exact) mass is 660 g/mol. The van der Waals surface area contributed by atoms with Crippen LogP contribution in [-0.2, 0) is 0 Å². The minimum Gasteiger partial charge on any atom is -0.309 e. The number of rotatable bonds is 3. The van der Waals surface area contributed by atoms with Crippen molar-refractivity contribution in [1.82, 2.24) is 9.13 Å². The molecule has 0 atom stereocenters. The second-order valence-electron chi connectivity index (χ2n) is 11.1. The summed E-state index contributed by atoms with van der Waals surface area (Å²) >= 11 is 2.39. The van der Waals surface area contributed by atoms with Crippen molar-refractivity contribution in [2.24, 2.45) is 0 Å². The molecule has 0 fully saturated rings. The lowest BCUT2D eigenvalue weighted by Crippen LogP contribution is -1.97. The van der Waals surface area contributed by atoms with E-state index in [2.05, 4.69) is 183 Å². The first kappa shape index (κ1) is 24.7. The number of nitrogens with zero attached hydrogens (tertiary/aromatic N) is 2. The fraction of sp³-hybridized carbons (Fsp3) is 0. The van der Waals surface area contributed by atoms with Gasteiger partial charge in [-0.25, -0.2) is 0 Å². The van der Waals surface area contributed by atoms with Crippen LogP contribution in [-0.4, -0.2) is 9.13 Å². The predicted molar refractivity (Wildman–Crippen MR) is 191 cm³/mol. The first-order valence-electron chi connectivity index (χ1n) is 14.6. The maximum Gasteiger partial charge on any atom is 0.0627 e. The van der Waals surface area contributed by atoms with Crippen LogP contribution >= 0.6 is 22.6 Å². The second kappa shape index (κ2) is 9.58. The van der Waals surface area contributed by atoms with Crippen molar-refractivity contribution in [2.45, 2.75) is 0 Å². The van der Waals surface area contributed by atoms with Gasteiger partial charge in [0.2, 0.25) is 0 Å². The number of halogens is 1. The summed E-state index contributed by atoms with van der Waals surface area (Å²) in [6, 6.07) is 55.2. The summed E-state index contributed by atoms with van der Waals surface area (Å²) in [4.78, 5) is 0. The summed E-state index contributed by atoms with van der Waals surface area (Å²) in [5, 5.41) is 7.65. The van der Waals surface area contributed by atoms with Crippen LogP contribution in [0.5, 0.6) is 0 Å². The third-order valence-electron chi connectivity index (χ3n) is 8.73. The number of hydrogen-bond acceptors (Lipinski definition) is 0. The molecule has 9 aromatic rings. The molecule has 0 aliphatic heterocycles. The van der Waals surface area contributed by atoms with Crippen LogP contribution in [0.4, 0.5) is 0 Å². The SMILES string of the molecule is Ic1ccc(-n2c3ccccc3c3c4c5ccccc5n(-c5cccc(-c6ccccc6)c5)c4c4ccccc4c32)cc1. The van der Waals surface area contributed by atoms with Gasteiger partial charge in [-0.1, -0.05) is 103 Å². The lowest BCUT2D eigenvalue weighted by molar-refractivity contribution is 1.18. The van der Waals surface area contributed by atoms with Crippen molar-refractivity contribution in [2.75, 3.05) is 0 Å². The van der Waals surface area contributed by atoms with E-state index >= 15 is 0 Å². The minimum atomic E-state index is 1.17. The van der Waals surface area contributed by atoms with Crippen molar-refractivity contribution >= 4 is 77.0 Å². The standard InChI is InChI=1S/C40H25IN2/c41-28-21-23-29(24-22-28)42-35-19-8-6-17-33(35)37-38-34-18-7-9-20-36(34)43(40(38)32-16-5-4-15-31(32)39(37)42)30-14-10-13-27(25-30)26-11-2-1-3-12-26/h1-25H. The lowest BCUT2D eigenvalue weighted by atomic mass is 9.99. The number of hydrogen-bond donors (Lipinski definition) is 0. The molecule has 0 aliphatic rings. The molecule has 0 bridgehead atoms. The molecule has 0 radical (unpaired) electrons. The topological polar surface area (TPSA) is 9.86 Å². The van der Waals surface area contributed by atoms with Crippen LogP contribution in [0.15, 0.2) is 152 Å². The maximum atomic E-state index is 2.48. The highest BCUT2D eigenvalue weighted by Crippen LogP contribution is 2.46. The highest BCUT2D eigenvalue weighted by Gasteiger charge is 2.24. The second-order valence-corrected chi connectivity index (χ2v) is 12.3. The summed E-state index contributed by atoms with van der Waals surface area (Å²) < 4.78 is 6.18. The van der Waals surface area contributed by atoms with Gasteiger partial charge in [-0.05, 0) is 82.2 Å². The van der Waals surface area contributed by atoms with Crippen molar-refractivity contribution in [3.8, 4) is 22.5 Å². The molecular weight excluding hydrogens is 635 g/mol. The molecule has 0 spiro atoms. The summed E-state index contributed by atoms with van der Waals surface area (Å²) in [5.74, 6) is 0. The van der Waals surface area contributed by atoms with E-state index in [1.807, 2.05) is 0 Å². The summed E-state index contributed by atoms with van der Waals surface area (Å²) in [6.45, 7) is 0. The molecule has 0 amide bonds. The quantitative estimate of drug-likeness (QED) is 0.167. The molecule has 43 heavy (non-hydrogen) atoms. The van der Waals surface area contributed by atoms with E-state index in [9.17, 15) is 0 Å². The van der Waals surface area contributed by atoms with Gasteiger partial charge in [-0.3, -0.25) is 0 Å². The number of aromatic nitrogens is 2. The van der Waals surface area contributed by atoms with Crippen molar-refractivity contribution < 1.29 is 0 Å². The van der Waals surface area contributed by atoms with Crippen molar-refractivity contribution in [3.05, 3.63) is 155 Å². The van der Waals surface area contributed by atoms with Crippen LogP contribution < -0.4 is 0 Å². The highest BCUT2D eigenvalue weighted by atomic mass is 127. The van der Waals surface area contributed by atoms with Crippen LogP contribution in [0, 0.1) is 3.57 Å². The number of fused-ring (bicyclic) bond motifs is 10. The molecule has 7 aromatic carbocycles. The van der Waals surface area contributed by atoms with Gasteiger partial charge in [0, 0.05) is 47.3 Å². The maximum absolute atomic E-state index is 2.48. The Morgan fingerprint density at radius 2 is 0.860 bits per heavy atom. The average molecular weight is 661 g/mol. The fourth-order valence-electron chi connectivity index (χ4n) is 6.97. The molecule has 2 nitrogen and oxygen atoms in total. The van der Waals surface area contributed by atoms with Gasteiger partial charge in [-0.15, -0.1) is 0 Å². The first-order chi connectivity index (χ1) is 21.3. The molecule has 3 heteroatoms. The molecule has 0 aliphatic carbocycles. The van der Waals surface area contributed by atoms with Gasteiger partial charge in [0.05, 0.1) is 22.1 Å². The molecule has 202 valence electrons. The summed E-state index contributed by atoms with van der Waals surface area (Å²) in [6.07, 6.45) is 0. The smallest absolute Gasteiger partial charge is 0.0627 e. The van der Waals surface area contributed by atoms with E-state index in [0.717, 1.165) is 0 Å². The van der Waals surface area contributed by atoms with E-state index < -0.39 is 0 Å². The van der Waals surface area contributed by atoms with Gasteiger partial charge >= 0.3 is 0 Å². The zero-order chi connectivity index (χ0) is 28.5. The third-order valence-corrected chi connectivity index (χ3v) is 9.45. The van der Waals surface area contributed by atoms with Gasteiger partial charge in [0.25, 0.3) is 0 Å². The minimum absolute atomic E-state index is 1.17. The molecule has 0 saturated heterocycles. The Morgan fingerprint density at radius 1 is 0.372 bits per heavy atom. The largest absolute Gasteiger partial charge is 0.309 e. The predicted octanol–water partition coefficient (Wildman–Crippen LogP) is 11.3. The molecule has 0 saturated carbocycles. The zero-order valence-corrected chi connectivity index (χ0v) is 25.4. The zero-order valence-electron chi connectivity index (χ0n) is 23.2. The summed E-state index contributed by atoms with van der Waals surface area (Å²) in [5.41, 5.74) is 9.72. The molecule has 9 rings (SSSR count). The van der Waals surface area contributed by atoms with Crippen LogP contribution in [0.2, 0.25) is 0 Å². The Morgan fingerprint density at radius 3 is 1.47 bits per heavy atom. The lowest BCUT2D eigenvalue weighted by Gasteiger charge is -2.14. The van der Waals surface area contributed by atoms with Gasteiger partial charge in [0.1, 0.15) is 0 Å². The highest BCUT2D eigenvalue weighted by molar-refractivity contribution is 14.1. The number of benzene rings is 7. The first-order valence-corrected chi connectivity index (χ1v) is 15.6. The van der Waals surface area contributed by atoms with Gasteiger partial charge < -0.3 is 9.13 Å². The average Bonchev–Trinajstić information content (AvgIpc) is 3.60. The van der Waals surface area contributed by atoms with Gasteiger partial charge in [-0.2, -0.15) is 0 Å². The molecule has 2 aromatic heterocycles.